The molecule has 2 rings (SSSR count). The minimum absolute atomic E-state index is 0.561. The molecule has 0 N–H and O–H groups in total. The van der Waals surface area contributed by atoms with E-state index in [-0.39, 0.29) is 0 Å². The van der Waals surface area contributed by atoms with Gasteiger partial charge in [0.05, 0.1) is 0 Å². The zero-order valence-corrected chi connectivity index (χ0v) is 11.9. The summed E-state index contributed by atoms with van der Waals surface area (Å²) in [6, 6.07) is 5.87. The first kappa shape index (κ1) is 11.8. The zero-order chi connectivity index (χ0) is 11.5. The van der Waals surface area contributed by atoms with Crippen molar-refractivity contribution in [1.29, 1.82) is 0 Å². The fourth-order valence-corrected chi connectivity index (χ4v) is 2.66. The van der Waals surface area contributed by atoms with Crippen molar-refractivity contribution < 1.29 is 4.42 Å². The first-order chi connectivity index (χ1) is 7.69. The fraction of sp³-hybridized carbons (Fsp3) is 0.273. The van der Waals surface area contributed by atoms with Gasteiger partial charge in [-0.15, -0.1) is 10.2 Å². The lowest BCUT2D eigenvalue weighted by Gasteiger charge is -1.97. The van der Waals surface area contributed by atoms with Crippen LogP contribution in [0.5, 0.6) is 0 Å². The molecule has 2 aromatic rings. The zero-order valence-electron chi connectivity index (χ0n) is 8.70. The highest BCUT2D eigenvalue weighted by Gasteiger charge is 2.09. The Morgan fingerprint density at radius 3 is 2.44 bits per heavy atom. The molecule has 5 heteroatoms. The van der Waals surface area contributed by atoms with Crippen molar-refractivity contribution in [3.8, 4) is 11.5 Å². The number of aryl methyl sites for hydroxylation is 1. The maximum Gasteiger partial charge on any atom is 0.247 e. The van der Waals surface area contributed by atoms with Gasteiger partial charge in [0.25, 0.3) is 0 Å². The summed E-state index contributed by atoms with van der Waals surface area (Å²) in [5, 5.41) is 8.02. The monoisotopic (exact) mass is 344 g/mol. The van der Waals surface area contributed by atoms with Crippen LogP contribution in [0.15, 0.2) is 31.6 Å². The van der Waals surface area contributed by atoms with Crippen LogP contribution in [0.1, 0.15) is 19.2 Å². The average molecular weight is 346 g/mol. The van der Waals surface area contributed by atoms with Crippen molar-refractivity contribution in [2.75, 3.05) is 0 Å². The largest absolute Gasteiger partial charge is 0.421 e. The lowest BCUT2D eigenvalue weighted by Crippen LogP contribution is -1.80. The van der Waals surface area contributed by atoms with Gasteiger partial charge < -0.3 is 4.42 Å². The van der Waals surface area contributed by atoms with E-state index in [0.29, 0.717) is 11.8 Å². The Morgan fingerprint density at radius 2 is 1.81 bits per heavy atom. The molecule has 84 valence electrons. The molecule has 3 nitrogen and oxygen atoms in total. The summed E-state index contributed by atoms with van der Waals surface area (Å²) in [7, 11) is 0. The highest BCUT2D eigenvalue weighted by molar-refractivity contribution is 9.11. The van der Waals surface area contributed by atoms with E-state index < -0.39 is 0 Å². The molecule has 0 saturated heterocycles. The molecule has 0 unspecified atom stereocenters. The van der Waals surface area contributed by atoms with E-state index in [1.807, 2.05) is 18.2 Å². The third-order valence-electron chi connectivity index (χ3n) is 2.04. The summed E-state index contributed by atoms with van der Waals surface area (Å²) in [5.41, 5.74) is 0.913. The Labute approximate surface area is 111 Å². The topological polar surface area (TPSA) is 38.9 Å². The van der Waals surface area contributed by atoms with Gasteiger partial charge in [-0.1, -0.05) is 38.8 Å². The Morgan fingerprint density at radius 1 is 1.12 bits per heavy atom. The molecule has 0 bridgehead atoms. The van der Waals surface area contributed by atoms with Crippen LogP contribution in [-0.2, 0) is 6.42 Å². The Bertz CT molecular complexity index is 476. The maximum absolute atomic E-state index is 5.56. The third kappa shape index (κ3) is 2.71. The molecule has 0 aliphatic heterocycles. The van der Waals surface area contributed by atoms with Crippen molar-refractivity contribution >= 4 is 31.9 Å². The lowest BCUT2D eigenvalue weighted by atomic mass is 10.2. The summed E-state index contributed by atoms with van der Waals surface area (Å²) >= 11 is 6.86. The minimum Gasteiger partial charge on any atom is -0.421 e. The highest BCUT2D eigenvalue weighted by atomic mass is 79.9. The molecule has 1 heterocycles. The first-order valence-electron chi connectivity index (χ1n) is 4.98. The second-order valence-electron chi connectivity index (χ2n) is 3.41. The predicted molar refractivity (Wildman–Crippen MR) is 69.1 cm³/mol. The third-order valence-corrected chi connectivity index (χ3v) is 2.96. The molecule has 1 aromatic heterocycles. The quantitative estimate of drug-likeness (QED) is 0.836. The van der Waals surface area contributed by atoms with Gasteiger partial charge in [-0.25, -0.2) is 0 Å². The van der Waals surface area contributed by atoms with Crippen LogP contribution in [0.3, 0.4) is 0 Å². The van der Waals surface area contributed by atoms with E-state index in [0.717, 1.165) is 27.4 Å². The summed E-state index contributed by atoms with van der Waals surface area (Å²) < 4.78 is 7.51. The van der Waals surface area contributed by atoms with E-state index in [2.05, 4.69) is 49.0 Å². The molecular weight excluding hydrogens is 336 g/mol. The van der Waals surface area contributed by atoms with E-state index in [9.17, 15) is 0 Å². The number of hydrogen-bond acceptors (Lipinski definition) is 3. The number of aromatic nitrogens is 2. The van der Waals surface area contributed by atoms with E-state index in [4.69, 9.17) is 4.42 Å². The predicted octanol–water partition coefficient (Wildman–Crippen LogP) is 4.21. The summed E-state index contributed by atoms with van der Waals surface area (Å²) in [4.78, 5) is 0. The Balaban J connectivity index is 2.34. The van der Waals surface area contributed by atoms with Gasteiger partial charge in [0, 0.05) is 20.9 Å². The van der Waals surface area contributed by atoms with Crippen molar-refractivity contribution in [2.45, 2.75) is 19.8 Å². The van der Waals surface area contributed by atoms with Crippen LogP contribution in [0.2, 0.25) is 0 Å². The van der Waals surface area contributed by atoms with Crippen LogP contribution in [0.25, 0.3) is 11.5 Å². The molecule has 0 atom stereocenters. The van der Waals surface area contributed by atoms with Crippen LogP contribution < -0.4 is 0 Å². The van der Waals surface area contributed by atoms with E-state index in [1.54, 1.807) is 0 Å². The lowest BCUT2D eigenvalue weighted by molar-refractivity contribution is 0.502. The minimum atomic E-state index is 0.561. The highest BCUT2D eigenvalue weighted by Crippen LogP contribution is 2.26. The Kier molecular flexibility index (Phi) is 3.76. The first-order valence-corrected chi connectivity index (χ1v) is 6.56. The molecular formula is C11H10Br2N2O. The summed E-state index contributed by atoms with van der Waals surface area (Å²) in [6.07, 6.45) is 1.83. The summed E-state index contributed by atoms with van der Waals surface area (Å²) in [5.74, 6) is 1.25. The average Bonchev–Trinajstić information content (AvgIpc) is 2.65. The molecule has 0 aliphatic carbocycles. The smallest absolute Gasteiger partial charge is 0.247 e. The van der Waals surface area contributed by atoms with Crippen molar-refractivity contribution in [1.82, 2.24) is 10.2 Å². The van der Waals surface area contributed by atoms with E-state index >= 15 is 0 Å². The van der Waals surface area contributed by atoms with Crippen molar-refractivity contribution in [2.24, 2.45) is 0 Å². The molecule has 0 saturated carbocycles. The van der Waals surface area contributed by atoms with Crippen LogP contribution in [0.4, 0.5) is 0 Å². The maximum atomic E-state index is 5.56. The second kappa shape index (κ2) is 5.10. The van der Waals surface area contributed by atoms with Gasteiger partial charge >= 0.3 is 0 Å². The van der Waals surface area contributed by atoms with Gasteiger partial charge in [0.15, 0.2) is 0 Å². The number of benzene rings is 1. The SMILES string of the molecule is CCCc1nnc(-c2cc(Br)cc(Br)c2)o1. The van der Waals surface area contributed by atoms with Crippen molar-refractivity contribution in [3.63, 3.8) is 0 Å². The van der Waals surface area contributed by atoms with Crippen molar-refractivity contribution in [3.05, 3.63) is 33.0 Å². The number of rotatable bonds is 3. The number of halogens is 2. The van der Waals surface area contributed by atoms with Gasteiger partial charge in [-0.05, 0) is 24.6 Å². The molecule has 1 aromatic carbocycles. The molecule has 16 heavy (non-hydrogen) atoms. The summed E-state index contributed by atoms with van der Waals surface area (Å²) in [6.45, 7) is 2.08. The van der Waals surface area contributed by atoms with Gasteiger partial charge in [0.2, 0.25) is 11.8 Å². The molecule has 0 aliphatic rings. The standard InChI is InChI=1S/C11H10Br2N2O/c1-2-3-10-14-15-11(16-10)7-4-8(12)6-9(13)5-7/h4-6H,2-3H2,1H3. The molecule has 0 fully saturated rings. The second-order valence-corrected chi connectivity index (χ2v) is 5.24. The normalized spacial score (nSPS) is 10.7. The van der Waals surface area contributed by atoms with Crippen LogP contribution in [0, 0.1) is 0 Å². The fourth-order valence-electron chi connectivity index (χ4n) is 1.36. The van der Waals surface area contributed by atoms with Crippen LogP contribution in [-0.4, -0.2) is 10.2 Å². The number of nitrogens with zero attached hydrogens (tertiary/aromatic N) is 2. The van der Waals surface area contributed by atoms with Crippen LogP contribution >= 0.6 is 31.9 Å². The Hall–Kier alpha value is -0.680. The molecule has 0 spiro atoms. The number of hydrogen-bond donors (Lipinski definition) is 0. The van der Waals surface area contributed by atoms with Gasteiger partial charge in [-0.2, -0.15) is 0 Å². The molecule has 0 amide bonds. The van der Waals surface area contributed by atoms with Gasteiger partial charge in [-0.3, -0.25) is 0 Å². The van der Waals surface area contributed by atoms with Gasteiger partial charge in [0.1, 0.15) is 0 Å². The molecule has 0 radical (unpaired) electrons. The van der Waals surface area contributed by atoms with E-state index in [1.165, 1.54) is 0 Å².